The maximum atomic E-state index is 13.7. The van der Waals surface area contributed by atoms with Gasteiger partial charge in [0.15, 0.2) is 11.6 Å². The number of amides is 1. The van der Waals surface area contributed by atoms with Crippen LogP contribution < -0.4 is 10.8 Å². The van der Waals surface area contributed by atoms with Gasteiger partial charge < -0.3 is 10.4 Å². The number of hydrogen-bond acceptors (Lipinski definition) is 4. The Kier molecular flexibility index (Phi) is 6.19. The van der Waals surface area contributed by atoms with Gasteiger partial charge in [0, 0.05) is 9.64 Å². The smallest absolute Gasteiger partial charge is 0.277 e. The Morgan fingerprint density at radius 1 is 1.22 bits per heavy atom. The topological polar surface area (TPSA) is 70.6 Å². The molecule has 0 saturated heterocycles. The monoisotopic (exact) mass is 508 g/mol. The van der Waals surface area contributed by atoms with Crippen LogP contribution in [0.25, 0.3) is 0 Å². The summed E-state index contributed by atoms with van der Waals surface area (Å²) >= 11 is 8.24. The highest BCUT2D eigenvalue weighted by Gasteiger charge is 2.35. The van der Waals surface area contributed by atoms with E-state index in [0.29, 0.717) is 23.6 Å². The van der Waals surface area contributed by atoms with Gasteiger partial charge in [-0.05, 0) is 66.1 Å². The van der Waals surface area contributed by atoms with E-state index < -0.39 is 23.1 Å². The molecule has 0 spiro atoms. The van der Waals surface area contributed by atoms with Crippen LogP contribution in [0.4, 0.5) is 20.2 Å². The van der Waals surface area contributed by atoms with Crippen molar-refractivity contribution in [2.24, 2.45) is 0 Å². The van der Waals surface area contributed by atoms with Crippen molar-refractivity contribution in [3.63, 3.8) is 0 Å². The molecule has 27 heavy (non-hydrogen) atoms. The molecule has 0 heterocycles. The van der Waals surface area contributed by atoms with E-state index in [1.807, 2.05) is 0 Å². The van der Waals surface area contributed by atoms with E-state index in [1.165, 1.54) is 0 Å². The van der Waals surface area contributed by atoms with E-state index in [4.69, 9.17) is 16.4 Å². The van der Waals surface area contributed by atoms with E-state index in [1.54, 1.807) is 18.2 Å². The van der Waals surface area contributed by atoms with Crippen molar-refractivity contribution >= 4 is 51.5 Å². The second-order valence-electron chi connectivity index (χ2n) is 6.36. The van der Waals surface area contributed by atoms with Crippen LogP contribution in [-0.4, -0.2) is 23.2 Å². The van der Waals surface area contributed by atoms with E-state index in [-0.39, 0.29) is 17.9 Å². The molecule has 0 atom stereocenters. The van der Waals surface area contributed by atoms with Crippen LogP contribution in [0.1, 0.15) is 29.6 Å². The number of nitrogens with one attached hydrogen (secondary N) is 2. The van der Waals surface area contributed by atoms with Gasteiger partial charge in [0.1, 0.15) is 6.61 Å². The molecule has 2 aromatic rings. The number of hydrogen-bond donors (Lipinski definition) is 3. The van der Waals surface area contributed by atoms with Crippen LogP contribution in [-0.2, 0) is 4.84 Å². The minimum Gasteiger partial charge on any atom is -0.387 e. The third kappa shape index (κ3) is 4.87. The highest BCUT2D eigenvalue weighted by Crippen LogP contribution is 2.32. The molecular weight excluding hydrogens is 493 g/mol. The predicted octanol–water partition coefficient (Wildman–Crippen LogP) is 4.54. The van der Waals surface area contributed by atoms with Crippen LogP contribution in [0.5, 0.6) is 0 Å². The summed E-state index contributed by atoms with van der Waals surface area (Å²) in [6.45, 7) is -0.0753. The number of rotatable bonds is 6. The van der Waals surface area contributed by atoms with Gasteiger partial charge in [-0.15, -0.1) is 0 Å². The number of aliphatic hydroxyl groups is 1. The van der Waals surface area contributed by atoms with Gasteiger partial charge in [-0.25, -0.2) is 14.3 Å². The Morgan fingerprint density at radius 2 is 1.93 bits per heavy atom. The molecule has 3 N–H and O–H groups in total. The molecule has 0 aliphatic heterocycles. The zero-order chi connectivity index (χ0) is 19.6. The maximum absolute atomic E-state index is 13.7. The fourth-order valence-electron chi connectivity index (χ4n) is 2.59. The van der Waals surface area contributed by atoms with Crippen molar-refractivity contribution < 1.29 is 23.5 Å². The van der Waals surface area contributed by atoms with Gasteiger partial charge in [-0.1, -0.05) is 11.6 Å². The number of benzene rings is 2. The van der Waals surface area contributed by atoms with Crippen LogP contribution in [0.2, 0.25) is 5.02 Å². The first kappa shape index (κ1) is 20.2. The molecule has 0 bridgehead atoms. The van der Waals surface area contributed by atoms with Gasteiger partial charge in [-0.3, -0.25) is 9.63 Å². The SMILES string of the molecule is O=C(NOCC1(O)CCC1)c1cc(F)c(F)cc1Nc1ccc(I)cc1Cl. The summed E-state index contributed by atoms with van der Waals surface area (Å²) in [6.07, 6.45) is 2.07. The molecule has 1 saturated carbocycles. The van der Waals surface area contributed by atoms with Crippen LogP contribution in [0.15, 0.2) is 30.3 Å². The number of halogens is 4. The third-order valence-corrected chi connectivity index (χ3v) is 5.28. The summed E-state index contributed by atoms with van der Waals surface area (Å²) < 4.78 is 28.3. The van der Waals surface area contributed by atoms with Crippen LogP contribution in [0.3, 0.4) is 0 Å². The van der Waals surface area contributed by atoms with E-state index in [9.17, 15) is 18.7 Å². The van der Waals surface area contributed by atoms with Crippen molar-refractivity contribution in [1.82, 2.24) is 5.48 Å². The Bertz CT molecular complexity index is 878. The Morgan fingerprint density at radius 3 is 2.56 bits per heavy atom. The lowest BCUT2D eigenvalue weighted by atomic mass is 9.81. The normalized spacial score (nSPS) is 15.1. The van der Waals surface area contributed by atoms with Gasteiger partial charge in [-0.2, -0.15) is 0 Å². The summed E-state index contributed by atoms with van der Waals surface area (Å²) in [5.74, 6) is -3.06. The molecule has 1 amide bonds. The van der Waals surface area contributed by atoms with Crippen molar-refractivity contribution in [1.29, 1.82) is 0 Å². The fraction of sp³-hybridized carbons (Fsp3) is 0.278. The molecule has 1 fully saturated rings. The molecule has 0 unspecified atom stereocenters. The second-order valence-corrected chi connectivity index (χ2v) is 8.01. The molecule has 1 aliphatic carbocycles. The van der Waals surface area contributed by atoms with Crippen LogP contribution in [0, 0.1) is 15.2 Å². The lowest BCUT2D eigenvalue weighted by molar-refractivity contribution is -0.113. The maximum Gasteiger partial charge on any atom is 0.277 e. The number of anilines is 2. The Hall–Kier alpha value is -1.49. The average molecular weight is 509 g/mol. The van der Waals surface area contributed by atoms with E-state index in [2.05, 4.69) is 33.4 Å². The van der Waals surface area contributed by atoms with Crippen molar-refractivity contribution in [2.45, 2.75) is 24.9 Å². The predicted molar refractivity (Wildman–Crippen MR) is 106 cm³/mol. The van der Waals surface area contributed by atoms with Crippen molar-refractivity contribution in [3.8, 4) is 0 Å². The zero-order valence-electron chi connectivity index (χ0n) is 14.0. The quantitative estimate of drug-likeness (QED) is 0.396. The van der Waals surface area contributed by atoms with Crippen molar-refractivity contribution in [3.05, 3.63) is 56.1 Å². The Balaban J connectivity index is 1.78. The summed E-state index contributed by atoms with van der Waals surface area (Å²) in [4.78, 5) is 17.4. The average Bonchev–Trinajstić information content (AvgIpc) is 2.58. The first-order valence-electron chi connectivity index (χ1n) is 8.13. The van der Waals surface area contributed by atoms with E-state index >= 15 is 0 Å². The second kappa shape index (κ2) is 8.26. The third-order valence-electron chi connectivity index (χ3n) is 4.30. The minimum absolute atomic E-state index is 0.0282. The van der Waals surface area contributed by atoms with Gasteiger partial charge in [0.05, 0.1) is 27.6 Å². The summed E-state index contributed by atoms with van der Waals surface area (Å²) in [7, 11) is 0. The molecule has 0 aromatic heterocycles. The van der Waals surface area contributed by atoms with Gasteiger partial charge >= 0.3 is 0 Å². The molecule has 5 nitrogen and oxygen atoms in total. The van der Waals surface area contributed by atoms with Gasteiger partial charge in [0.2, 0.25) is 0 Å². The van der Waals surface area contributed by atoms with E-state index in [0.717, 1.165) is 22.1 Å². The van der Waals surface area contributed by atoms with Crippen molar-refractivity contribution in [2.75, 3.05) is 11.9 Å². The molecule has 9 heteroatoms. The summed E-state index contributed by atoms with van der Waals surface area (Å²) in [6, 6.07) is 6.77. The first-order chi connectivity index (χ1) is 12.8. The molecule has 0 radical (unpaired) electrons. The van der Waals surface area contributed by atoms with Crippen LogP contribution >= 0.6 is 34.2 Å². The lowest BCUT2D eigenvalue weighted by Crippen LogP contribution is -2.44. The summed E-state index contributed by atoms with van der Waals surface area (Å²) in [5, 5.41) is 13.2. The Labute approximate surface area is 173 Å². The lowest BCUT2D eigenvalue weighted by Gasteiger charge is -2.35. The first-order valence-corrected chi connectivity index (χ1v) is 9.59. The highest BCUT2D eigenvalue weighted by molar-refractivity contribution is 14.1. The molecule has 1 aliphatic rings. The summed E-state index contributed by atoms with van der Waals surface area (Å²) in [5.41, 5.74) is 1.51. The highest BCUT2D eigenvalue weighted by atomic mass is 127. The molecule has 144 valence electrons. The number of carbonyl (C=O) groups excluding carboxylic acids is 1. The van der Waals surface area contributed by atoms with Gasteiger partial charge in [0.25, 0.3) is 5.91 Å². The largest absolute Gasteiger partial charge is 0.387 e. The number of carbonyl (C=O) groups is 1. The fourth-order valence-corrected chi connectivity index (χ4v) is 3.50. The zero-order valence-corrected chi connectivity index (χ0v) is 16.9. The standard InChI is InChI=1S/C18H16ClF2IN2O3/c19-12-6-10(22)2-3-15(12)23-16-8-14(21)13(20)7-11(16)17(25)24-27-9-18(26)4-1-5-18/h2-3,6-8,23,26H,1,4-5,9H2,(H,24,25). The minimum atomic E-state index is -1.17. The molecule has 3 rings (SSSR count). The molecular formula is C18H16ClF2IN2O3. The number of hydroxylamine groups is 1. The molecule has 2 aromatic carbocycles.